The van der Waals surface area contributed by atoms with Gasteiger partial charge in [-0.25, -0.2) is 9.78 Å². The number of rotatable bonds is 10. The Bertz CT molecular complexity index is 1180. The molecule has 1 aliphatic rings. The summed E-state index contributed by atoms with van der Waals surface area (Å²) in [6.07, 6.45) is 2.79. The van der Waals surface area contributed by atoms with Crippen LogP contribution in [0.2, 0.25) is 0 Å². The summed E-state index contributed by atoms with van der Waals surface area (Å²) in [7, 11) is 0. The van der Waals surface area contributed by atoms with Crippen LogP contribution in [0.15, 0.2) is 58.0 Å². The zero-order valence-electron chi connectivity index (χ0n) is 18.3. The Morgan fingerprint density at radius 3 is 3.06 bits per heavy atom. The van der Waals surface area contributed by atoms with Gasteiger partial charge >= 0.3 is 6.09 Å². The fourth-order valence-corrected chi connectivity index (χ4v) is 5.49. The van der Waals surface area contributed by atoms with Crippen molar-refractivity contribution in [3.63, 3.8) is 0 Å². The first-order valence-corrected chi connectivity index (χ1v) is 12.5. The van der Waals surface area contributed by atoms with Gasteiger partial charge in [-0.1, -0.05) is 24.4 Å². The zero-order valence-corrected chi connectivity index (χ0v) is 20.0. The van der Waals surface area contributed by atoms with Crippen LogP contribution >= 0.6 is 23.1 Å². The largest absolute Gasteiger partial charge is 0.467 e. The van der Waals surface area contributed by atoms with Gasteiger partial charge in [-0.3, -0.25) is 9.59 Å². The standard InChI is InChI=1S/C23H24N4O5S2/c1-2-8-32-22(30)24-7-10-33-23-26-18-6-5-16(12-19(18)34-23)25-21(29)15-11-20(28)27(13-15)14-17-4-3-9-31-17/h2-6,9,12,15H,1,7-8,10-11,13-14H2,(H,24,30)(H,25,29). The Labute approximate surface area is 204 Å². The minimum Gasteiger partial charge on any atom is -0.467 e. The third-order valence-electron chi connectivity index (χ3n) is 5.08. The molecule has 0 saturated carbocycles. The highest BCUT2D eigenvalue weighted by atomic mass is 32.2. The molecule has 1 atom stereocenters. The van der Waals surface area contributed by atoms with Crippen LogP contribution in [-0.4, -0.2) is 53.2 Å². The molecule has 1 unspecified atom stereocenters. The second-order valence-corrected chi connectivity index (χ2v) is 9.94. The summed E-state index contributed by atoms with van der Waals surface area (Å²) in [5, 5.41) is 5.59. The van der Waals surface area contributed by atoms with E-state index in [1.807, 2.05) is 24.3 Å². The van der Waals surface area contributed by atoms with Gasteiger partial charge in [0.05, 0.1) is 28.9 Å². The third-order valence-corrected chi connectivity index (χ3v) is 7.24. The van der Waals surface area contributed by atoms with E-state index in [1.165, 1.54) is 29.2 Å². The van der Waals surface area contributed by atoms with Crippen molar-refractivity contribution in [1.29, 1.82) is 0 Å². The summed E-state index contributed by atoms with van der Waals surface area (Å²) in [4.78, 5) is 42.7. The quantitative estimate of drug-likeness (QED) is 0.247. The fraction of sp³-hybridized carbons (Fsp3) is 0.304. The van der Waals surface area contributed by atoms with E-state index >= 15 is 0 Å². The second kappa shape index (κ2) is 11.2. The van der Waals surface area contributed by atoms with Gasteiger partial charge in [0, 0.05) is 31.0 Å². The second-order valence-electron chi connectivity index (χ2n) is 7.57. The molecule has 11 heteroatoms. The van der Waals surface area contributed by atoms with E-state index in [0.29, 0.717) is 36.8 Å². The first-order chi connectivity index (χ1) is 16.5. The number of amides is 3. The highest BCUT2D eigenvalue weighted by Crippen LogP contribution is 2.31. The number of likely N-dealkylation sites (tertiary alicyclic amines) is 1. The van der Waals surface area contributed by atoms with E-state index in [2.05, 4.69) is 22.2 Å². The van der Waals surface area contributed by atoms with Crippen LogP contribution in [0.5, 0.6) is 0 Å². The zero-order chi connectivity index (χ0) is 23.9. The van der Waals surface area contributed by atoms with Crippen LogP contribution in [-0.2, 0) is 20.9 Å². The highest BCUT2D eigenvalue weighted by Gasteiger charge is 2.34. The van der Waals surface area contributed by atoms with Crippen LogP contribution < -0.4 is 10.6 Å². The SMILES string of the molecule is C=CCOC(=O)NCCSc1nc2ccc(NC(=O)C3CC(=O)N(Cc4ccco4)C3)cc2s1. The minimum absolute atomic E-state index is 0.0559. The van der Waals surface area contributed by atoms with Gasteiger partial charge in [-0.15, -0.1) is 11.3 Å². The van der Waals surface area contributed by atoms with E-state index < -0.39 is 12.0 Å². The Morgan fingerprint density at radius 1 is 1.38 bits per heavy atom. The molecule has 1 aliphatic heterocycles. The van der Waals surface area contributed by atoms with E-state index in [9.17, 15) is 14.4 Å². The van der Waals surface area contributed by atoms with Crippen LogP contribution in [0.4, 0.5) is 10.5 Å². The molecule has 178 valence electrons. The predicted octanol–water partition coefficient (Wildman–Crippen LogP) is 3.88. The lowest BCUT2D eigenvalue weighted by atomic mass is 10.1. The first-order valence-electron chi connectivity index (χ1n) is 10.7. The number of carbonyl (C=O) groups excluding carboxylic acids is 3. The van der Waals surface area contributed by atoms with Crippen molar-refractivity contribution in [2.45, 2.75) is 17.3 Å². The molecule has 0 bridgehead atoms. The first kappa shape index (κ1) is 23.8. The Balaban J connectivity index is 1.28. The number of hydrogen-bond donors (Lipinski definition) is 2. The molecule has 3 amide bonds. The van der Waals surface area contributed by atoms with Crippen molar-refractivity contribution in [3.8, 4) is 0 Å². The molecular weight excluding hydrogens is 476 g/mol. The molecule has 3 aromatic rings. The number of anilines is 1. The van der Waals surface area contributed by atoms with Crippen molar-refractivity contribution in [2.75, 3.05) is 30.8 Å². The molecule has 2 aromatic heterocycles. The molecule has 2 N–H and O–H groups in total. The van der Waals surface area contributed by atoms with Gasteiger partial charge in [0.15, 0.2) is 4.34 Å². The Hall–Kier alpha value is -3.31. The molecule has 0 spiro atoms. The van der Waals surface area contributed by atoms with Crippen LogP contribution in [0.25, 0.3) is 10.2 Å². The number of nitrogens with zero attached hydrogens (tertiary/aromatic N) is 2. The highest BCUT2D eigenvalue weighted by molar-refractivity contribution is 8.01. The summed E-state index contributed by atoms with van der Waals surface area (Å²) >= 11 is 3.05. The van der Waals surface area contributed by atoms with Gasteiger partial charge in [-0.2, -0.15) is 0 Å². The van der Waals surface area contributed by atoms with Gasteiger partial charge in [0.2, 0.25) is 11.8 Å². The third kappa shape index (κ3) is 6.17. The average Bonchev–Trinajstić information content (AvgIpc) is 3.56. The van der Waals surface area contributed by atoms with E-state index in [0.717, 1.165) is 14.6 Å². The van der Waals surface area contributed by atoms with Crippen molar-refractivity contribution in [2.24, 2.45) is 5.92 Å². The summed E-state index contributed by atoms with van der Waals surface area (Å²) in [6, 6.07) is 9.14. The summed E-state index contributed by atoms with van der Waals surface area (Å²) < 4.78 is 12.0. The van der Waals surface area contributed by atoms with Crippen molar-refractivity contribution < 1.29 is 23.5 Å². The number of fused-ring (bicyclic) bond motifs is 1. The van der Waals surface area contributed by atoms with Crippen LogP contribution in [0.1, 0.15) is 12.2 Å². The molecule has 1 aromatic carbocycles. The predicted molar refractivity (Wildman–Crippen MR) is 131 cm³/mol. The normalized spacial score (nSPS) is 15.5. The molecule has 0 aliphatic carbocycles. The van der Waals surface area contributed by atoms with Crippen LogP contribution in [0, 0.1) is 5.92 Å². The average molecular weight is 501 g/mol. The summed E-state index contributed by atoms with van der Waals surface area (Å²) in [5.74, 6) is 0.706. The molecule has 9 nitrogen and oxygen atoms in total. The number of ether oxygens (including phenoxy) is 1. The molecule has 4 rings (SSSR count). The number of aromatic nitrogens is 1. The van der Waals surface area contributed by atoms with Crippen molar-refractivity contribution in [1.82, 2.24) is 15.2 Å². The van der Waals surface area contributed by atoms with E-state index in [-0.39, 0.29) is 24.8 Å². The maximum atomic E-state index is 12.8. The smallest absolute Gasteiger partial charge is 0.407 e. The number of alkyl carbamates (subject to hydrolysis) is 1. The molecule has 34 heavy (non-hydrogen) atoms. The number of nitrogens with one attached hydrogen (secondary N) is 2. The maximum Gasteiger partial charge on any atom is 0.407 e. The number of hydrogen-bond acceptors (Lipinski definition) is 8. The summed E-state index contributed by atoms with van der Waals surface area (Å²) in [6.45, 7) is 4.86. The Kier molecular flexibility index (Phi) is 7.86. The number of thiazole rings is 1. The monoisotopic (exact) mass is 500 g/mol. The molecule has 1 fully saturated rings. The molecule has 3 heterocycles. The Morgan fingerprint density at radius 2 is 2.26 bits per heavy atom. The topological polar surface area (TPSA) is 114 Å². The molecular formula is C23H24N4O5S2. The number of benzene rings is 1. The van der Waals surface area contributed by atoms with Crippen LogP contribution in [0.3, 0.4) is 0 Å². The number of carbonyl (C=O) groups is 3. The van der Waals surface area contributed by atoms with Gasteiger partial charge in [-0.05, 0) is 30.3 Å². The van der Waals surface area contributed by atoms with Crippen molar-refractivity contribution in [3.05, 3.63) is 55.0 Å². The fourth-order valence-electron chi connectivity index (χ4n) is 3.46. The molecule has 0 radical (unpaired) electrons. The maximum absolute atomic E-state index is 12.8. The number of thioether (sulfide) groups is 1. The number of furan rings is 1. The molecule has 1 saturated heterocycles. The lowest BCUT2D eigenvalue weighted by molar-refractivity contribution is -0.128. The lowest BCUT2D eigenvalue weighted by Crippen LogP contribution is -2.27. The lowest BCUT2D eigenvalue weighted by Gasteiger charge is -2.15. The summed E-state index contributed by atoms with van der Waals surface area (Å²) in [5.41, 5.74) is 1.51. The van der Waals surface area contributed by atoms with Gasteiger partial charge in [0.1, 0.15) is 12.4 Å². The van der Waals surface area contributed by atoms with Crippen molar-refractivity contribution >= 4 is 56.9 Å². The minimum atomic E-state index is -0.474. The van der Waals surface area contributed by atoms with Gasteiger partial charge < -0.3 is 24.7 Å². The van der Waals surface area contributed by atoms with Gasteiger partial charge in [0.25, 0.3) is 0 Å². The van der Waals surface area contributed by atoms with E-state index in [4.69, 9.17) is 9.15 Å². The van der Waals surface area contributed by atoms with E-state index in [1.54, 1.807) is 17.2 Å².